The zero-order valence-electron chi connectivity index (χ0n) is 8.64. The molecule has 15 heavy (non-hydrogen) atoms. The van der Waals surface area contributed by atoms with Crippen LogP contribution in [-0.4, -0.2) is 31.5 Å². The Kier molecular flexibility index (Phi) is 3.25. The summed E-state index contributed by atoms with van der Waals surface area (Å²) in [5.41, 5.74) is -0.248. The van der Waals surface area contributed by atoms with E-state index in [1.165, 1.54) is 6.07 Å². The third kappa shape index (κ3) is 2.41. The van der Waals surface area contributed by atoms with Crippen LogP contribution in [-0.2, 0) is 0 Å². The zero-order valence-corrected chi connectivity index (χ0v) is 10.2. The molecule has 82 valence electrons. The number of carbonyl (C=O) groups is 1. The molecule has 1 rings (SSSR count). The molecule has 0 aliphatic heterocycles. The van der Waals surface area contributed by atoms with Crippen molar-refractivity contribution in [2.24, 2.45) is 0 Å². The first-order chi connectivity index (χ1) is 6.75. The predicted octanol–water partition coefficient (Wildman–Crippen LogP) is 2.57. The largest absolute Gasteiger partial charge is 0.349 e. The number of rotatable bonds is 1. The number of halogens is 3. The van der Waals surface area contributed by atoms with Gasteiger partial charge in [-0.2, -0.15) is 0 Å². The molecule has 0 aliphatic rings. The average Bonchev–Trinajstić information content (AvgIpc) is 2.10. The molecule has 0 saturated heterocycles. The van der Waals surface area contributed by atoms with Crippen LogP contribution >= 0.6 is 15.9 Å². The molecule has 1 aromatic carbocycles. The van der Waals surface area contributed by atoms with E-state index in [0.29, 0.717) is 0 Å². The fourth-order valence-corrected chi connectivity index (χ4v) is 1.53. The van der Waals surface area contributed by atoms with Gasteiger partial charge in [-0.05, 0) is 28.1 Å². The van der Waals surface area contributed by atoms with Gasteiger partial charge in [-0.1, -0.05) is 0 Å². The van der Waals surface area contributed by atoms with Gasteiger partial charge in [-0.3, -0.25) is 4.48 Å². The Morgan fingerprint density at radius 2 is 1.80 bits per heavy atom. The summed E-state index contributed by atoms with van der Waals surface area (Å²) in [6, 6.07) is 2.30. The van der Waals surface area contributed by atoms with Gasteiger partial charge in [0.2, 0.25) is 0 Å². The number of carbonyl (C=O) groups excluding carboxylic acids is 1. The summed E-state index contributed by atoms with van der Waals surface area (Å²) < 4.78 is 26.5. The van der Waals surface area contributed by atoms with Crippen molar-refractivity contribution >= 4 is 21.8 Å². The first-order valence-corrected chi connectivity index (χ1v) is 5.04. The Morgan fingerprint density at radius 1 is 1.27 bits per heavy atom. The van der Waals surface area contributed by atoms with E-state index in [4.69, 9.17) is 0 Å². The first kappa shape index (κ1) is 12.3. The van der Waals surface area contributed by atoms with Crippen molar-refractivity contribution in [3.8, 4) is 0 Å². The molecule has 0 saturated carbocycles. The summed E-state index contributed by atoms with van der Waals surface area (Å²) in [6.45, 7) is 0. The standard InChI is InChI=1S/C10H11BrF2NO/c1-14(2,3)10(15)8-6(11)4-5-7(12)9(8)13/h4-5H,1-3H3/q+1. The maximum atomic E-state index is 13.4. The molecule has 0 atom stereocenters. The molecule has 0 radical (unpaired) electrons. The minimum Gasteiger partial charge on any atom is -0.263 e. The van der Waals surface area contributed by atoms with Crippen LogP contribution in [0.3, 0.4) is 0 Å². The van der Waals surface area contributed by atoms with Gasteiger partial charge in [0.05, 0.1) is 21.1 Å². The Morgan fingerprint density at radius 3 is 2.27 bits per heavy atom. The van der Waals surface area contributed by atoms with Gasteiger partial charge >= 0.3 is 5.91 Å². The SMILES string of the molecule is C[N+](C)(C)C(=O)c1c(Br)ccc(F)c1F. The van der Waals surface area contributed by atoms with E-state index >= 15 is 0 Å². The molecule has 0 fully saturated rings. The Hall–Kier alpha value is -0.810. The van der Waals surface area contributed by atoms with Crippen LogP contribution in [0.15, 0.2) is 16.6 Å². The van der Waals surface area contributed by atoms with Gasteiger partial charge in [-0.25, -0.2) is 13.6 Å². The Balaban J connectivity index is 3.38. The monoisotopic (exact) mass is 278 g/mol. The fraction of sp³-hybridized carbons (Fsp3) is 0.300. The normalized spacial score (nSPS) is 11.6. The van der Waals surface area contributed by atoms with E-state index < -0.39 is 17.5 Å². The number of nitrogens with zero attached hydrogens (tertiary/aromatic N) is 1. The van der Waals surface area contributed by atoms with Crippen LogP contribution < -0.4 is 0 Å². The van der Waals surface area contributed by atoms with Crippen molar-refractivity contribution in [1.82, 2.24) is 0 Å². The topological polar surface area (TPSA) is 17.1 Å². The maximum absolute atomic E-state index is 13.4. The number of quaternary nitrogens is 1. The maximum Gasteiger partial charge on any atom is 0.349 e. The van der Waals surface area contributed by atoms with Crippen molar-refractivity contribution in [1.29, 1.82) is 0 Å². The molecule has 2 nitrogen and oxygen atoms in total. The van der Waals surface area contributed by atoms with E-state index in [0.717, 1.165) is 6.07 Å². The second-order valence-electron chi connectivity index (χ2n) is 4.04. The summed E-state index contributed by atoms with van der Waals surface area (Å²) in [5, 5.41) is 0. The molecule has 0 bridgehead atoms. The van der Waals surface area contributed by atoms with E-state index in [-0.39, 0.29) is 14.5 Å². The minimum absolute atomic E-state index is 0.0982. The van der Waals surface area contributed by atoms with Gasteiger partial charge in [-0.15, -0.1) is 0 Å². The zero-order chi connectivity index (χ0) is 11.8. The molecule has 0 heterocycles. The van der Waals surface area contributed by atoms with E-state index in [9.17, 15) is 13.6 Å². The number of hydrogen-bond donors (Lipinski definition) is 0. The highest BCUT2D eigenvalue weighted by Gasteiger charge is 2.29. The van der Waals surface area contributed by atoms with Crippen LogP contribution in [0.1, 0.15) is 10.4 Å². The summed E-state index contributed by atoms with van der Waals surface area (Å²) in [6.07, 6.45) is 0. The highest BCUT2D eigenvalue weighted by molar-refractivity contribution is 9.10. The molecule has 1 aromatic rings. The summed E-state index contributed by atoms with van der Waals surface area (Å²) in [7, 11) is 4.79. The summed E-state index contributed by atoms with van der Waals surface area (Å²) >= 11 is 3.04. The molecule has 0 unspecified atom stereocenters. The smallest absolute Gasteiger partial charge is 0.263 e. The lowest BCUT2D eigenvalue weighted by molar-refractivity contribution is -0.785. The number of benzene rings is 1. The van der Waals surface area contributed by atoms with Gasteiger partial charge in [0.15, 0.2) is 11.6 Å². The molecule has 5 heteroatoms. The van der Waals surface area contributed by atoms with Crippen LogP contribution in [0.4, 0.5) is 8.78 Å². The fourth-order valence-electron chi connectivity index (χ4n) is 1.06. The van der Waals surface area contributed by atoms with E-state index in [1.54, 1.807) is 21.1 Å². The van der Waals surface area contributed by atoms with Crippen molar-refractivity contribution in [3.05, 3.63) is 33.8 Å². The quantitative estimate of drug-likeness (QED) is 0.570. The highest BCUT2D eigenvalue weighted by Crippen LogP contribution is 2.24. The molecule has 0 aromatic heterocycles. The van der Waals surface area contributed by atoms with Crippen LogP contribution in [0.25, 0.3) is 0 Å². The van der Waals surface area contributed by atoms with E-state index in [1.807, 2.05) is 0 Å². The third-order valence-corrected chi connectivity index (χ3v) is 2.53. The van der Waals surface area contributed by atoms with Gasteiger partial charge in [0.1, 0.15) is 5.56 Å². The van der Waals surface area contributed by atoms with Crippen molar-refractivity contribution in [2.75, 3.05) is 21.1 Å². The second-order valence-corrected chi connectivity index (χ2v) is 4.89. The van der Waals surface area contributed by atoms with Crippen LogP contribution in [0.5, 0.6) is 0 Å². The first-order valence-electron chi connectivity index (χ1n) is 4.25. The predicted molar refractivity (Wildman–Crippen MR) is 56.4 cm³/mol. The Bertz CT molecular complexity index is 413. The third-order valence-electron chi connectivity index (χ3n) is 1.87. The van der Waals surface area contributed by atoms with Crippen LogP contribution in [0, 0.1) is 11.6 Å². The lowest BCUT2D eigenvalue weighted by Gasteiger charge is -2.21. The molecule has 0 spiro atoms. The molecular weight excluding hydrogens is 268 g/mol. The Labute approximate surface area is 95.2 Å². The molecule has 0 aliphatic carbocycles. The molecule has 0 N–H and O–H groups in total. The number of hydrogen-bond acceptors (Lipinski definition) is 1. The minimum atomic E-state index is -1.11. The molecule has 1 amide bonds. The van der Waals surface area contributed by atoms with Crippen molar-refractivity contribution in [2.45, 2.75) is 0 Å². The second kappa shape index (κ2) is 3.98. The van der Waals surface area contributed by atoms with E-state index in [2.05, 4.69) is 15.9 Å². The van der Waals surface area contributed by atoms with Gasteiger partial charge in [0, 0.05) is 4.47 Å². The number of amides is 1. The summed E-state index contributed by atoms with van der Waals surface area (Å²) in [4.78, 5) is 11.8. The van der Waals surface area contributed by atoms with Gasteiger partial charge < -0.3 is 0 Å². The highest BCUT2D eigenvalue weighted by atomic mass is 79.9. The average molecular weight is 279 g/mol. The van der Waals surface area contributed by atoms with Crippen LogP contribution in [0.2, 0.25) is 0 Å². The summed E-state index contributed by atoms with van der Waals surface area (Å²) in [5.74, 6) is -2.61. The lowest BCUT2D eigenvalue weighted by atomic mass is 10.1. The van der Waals surface area contributed by atoms with Crippen molar-refractivity contribution < 1.29 is 18.1 Å². The molecular formula is C10H11BrF2NO+. The lowest BCUT2D eigenvalue weighted by Crippen LogP contribution is -2.41. The van der Waals surface area contributed by atoms with Gasteiger partial charge in [0.25, 0.3) is 0 Å². The van der Waals surface area contributed by atoms with Crippen molar-refractivity contribution in [3.63, 3.8) is 0 Å².